The van der Waals surface area contributed by atoms with Gasteiger partial charge in [-0.05, 0) is 62.6 Å². The lowest BCUT2D eigenvalue weighted by Crippen LogP contribution is -2.47. The SMILES string of the molecule is C#C.CC.CC1C=C2CCOC2=CC1.CCCON(CCC)C(=O)CN1CCCCC1CCc1ncco1. The molecule has 0 spiro atoms. The number of nitrogens with zero attached hydrogens (tertiary/aromatic N) is 3. The highest BCUT2D eigenvalue weighted by Gasteiger charge is 2.26. The summed E-state index contributed by atoms with van der Waals surface area (Å²) in [6.07, 6.45) is 25.3. The van der Waals surface area contributed by atoms with E-state index in [-0.39, 0.29) is 5.91 Å². The number of oxazole rings is 1. The van der Waals surface area contributed by atoms with Crippen LogP contribution in [0.5, 0.6) is 0 Å². The molecule has 0 saturated carbocycles. The number of aromatic nitrogens is 1. The monoisotopic (exact) mass is 529 g/mol. The van der Waals surface area contributed by atoms with Crippen LogP contribution in [0.25, 0.3) is 0 Å². The van der Waals surface area contributed by atoms with Gasteiger partial charge in [0, 0.05) is 25.4 Å². The molecule has 0 N–H and O–H groups in total. The molecule has 0 radical (unpaired) electrons. The van der Waals surface area contributed by atoms with Crippen molar-refractivity contribution < 1.29 is 18.8 Å². The number of aryl methyl sites for hydroxylation is 1. The second kappa shape index (κ2) is 20.4. The Kier molecular flexibility index (Phi) is 18.0. The number of carbonyl (C=O) groups excluding carboxylic acids is 1. The van der Waals surface area contributed by atoms with Crippen LogP contribution < -0.4 is 0 Å². The average Bonchev–Trinajstić information content (AvgIpc) is 3.65. The van der Waals surface area contributed by atoms with Crippen molar-refractivity contribution >= 4 is 5.91 Å². The van der Waals surface area contributed by atoms with Gasteiger partial charge >= 0.3 is 0 Å². The van der Waals surface area contributed by atoms with Crippen molar-refractivity contribution in [1.82, 2.24) is 14.9 Å². The molecule has 38 heavy (non-hydrogen) atoms. The first-order valence-electron chi connectivity index (χ1n) is 14.5. The van der Waals surface area contributed by atoms with Crippen molar-refractivity contribution in [2.45, 2.75) is 98.4 Å². The normalized spacial score (nSPS) is 20.0. The fraction of sp³-hybridized carbons (Fsp3) is 0.677. The minimum Gasteiger partial charge on any atom is -0.493 e. The van der Waals surface area contributed by atoms with E-state index in [0.717, 1.165) is 82.1 Å². The first-order chi connectivity index (χ1) is 18.6. The zero-order valence-corrected chi connectivity index (χ0v) is 24.5. The molecule has 2 aliphatic heterocycles. The average molecular weight is 530 g/mol. The molecule has 0 aromatic carbocycles. The molecule has 2 saturated heterocycles. The van der Waals surface area contributed by atoms with Crippen LogP contribution in [0.3, 0.4) is 0 Å². The third-order valence-corrected chi connectivity index (χ3v) is 6.52. The summed E-state index contributed by atoms with van der Waals surface area (Å²) in [5.74, 6) is 2.73. The molecule has 3 aliphatic rings. The van der Waals surface area contributed by atoms with E-state index in [1.165, 1.54) is 12.0 Å². The maximum Gasteiger partial charge on any atom is 0.260 e. The van der Waals surface area contributed by atoms with Crippen molar-refractivity contribution in [3.05, 3.63) is 41.8 Å². The summed E-state index contributed by atoms with van der Waals surface area (Å²) < 4.78 is 10.7. The lowest BCUT2D eigenvalue weighted by molar-refractivity contribution is -0.188. The minimum absolute atomic E-state index is 0.0772. The summed E-state index contributed by atoms with van der Waals surface area (Å²) in [4.78, 5) is 24.7. The molecule has 1 amide bonds. The number of hydrogen-bond donors (Lipinski definition) is 0. The molecule has 1 aromatic rings. The molecular formula is C31H51N3O4. The Morgan fingerprint density at radius 3 is 2.71 bits per heavy atom. The van der Waals surface area contributed by atoms with E-state index in [4.69, 9.17) is 14.0 Å². The molecular weight excluding hydrogens is 478 g/mol. The third kappa shape index (κ3) is 11.9. The van der Waals surface area contributed by atoms with Crippen molar-refractivity contribution in [1.29, 1.82) is 0 Å². The number of ether oxygens (including phenoxy) is 1. The van der Waals surface area contributed by atoms with Crippen molar-refractivity contribution in [3.63, 3.8) is 0 Å². The van der Waals surface area contributed by atoms with Crippen LogP contribution in [0, 0.1) is 18.8 Å². The number of piperidine rings is 1. The van der Waals surface area contributed by atoms with Crippen LogP contribution in [0.4, 0.5) is 0 Å². The molecule has 1 aliphatic carbocycles. The summed E-state index contributed by atoms with van der Waals surface area (Å²) >= 11 is 0. The first kappa shape index (κ1) is 33.5. The molecule has 7 nitrogen and oxygen atoms in total. The van der Waals surface area contributed by atoms with E-state index in [1.54, 1.807) is 17.5 Å². The molecule has 214 valence electrons. The Labute approximate surface area is 231 Å². The molecule has 2 atom stereocenters. The smallest absolute Gasteiger partial charge is 0.260 e. The lowest BCUT2D eigenvalue weighted by atomic mass is 9.96. The standard InChI is InChI=1S/C18H31N3O3.C9H12O.C2H6.C2H2/c1-3-11-21(24-13-4-2)18(22)15-20-12-6-5-7-16(20)8-9-17-19-10-14-23-17;1-7-2-3-9-8(6-7)4-5-10-9;2*1-2/h10,14,16H,3-9,11-13,15H2,1-2H3;3,6-7H,2,4-5H2,1H3;1-2H3;1-2H. The van der Waals surface area contributed by atoms with Crippen molar-refractivity contribution in [2.24, 2.45) is 5.92 Å². The zero-order chi connectivity index (χ0) is 28.2. The van der Waals surface area contributed by atoms with E-state index < -0.39 is 0 Å². The van der Waals surface area contributed by atoms with E-state index in [2.05, 4.69) is 55.7 Å². The molecule has 3 heterocycles. The highest BCUT2D eigenvalue weighted by atomic mass is 16.7. The fourth-order valence-corrected chi connectivity index (χ4v) is 4.73. The third-order valence-electron chi connectivity index (χ3n) is 6.52. The number of fused-ring (bicyclic) bond motifs is 1. The number of rotatable bonds is 10. The Morgan fingerprint density at radius 2 is 2.03 bits per heavy atom. The van der Waals surface area contributed by atoms with Gasteiger partial charge in [0.05, 0.1) is 26.0 Å². The van der Waals surface area contributed by atoms with Gasteiger partial charge in [-0.1, -0.05) is 47.1 Å². The molecule has 1 aromatic heterocycles. The summed E-state index contributed by atoms with van der Waals surface area (Å²) in [5, 5.41) is 1.56. The number of terminal acetylenes is 1. The van der Waals surface area contributed by atoms with Crippen molar-refractivity contribution in [2.75, 3.05) is 32.8 Å². The molecule has 7 heteroatoms. The second-order valence-corrected chi connectivity index (χ2v) is 9.49. The topological polar surface area (TPSA) is 68.0 Å². The van der Waals surface area contributed by atoms with Gasteiger partial charge in [-0.25, -0.2) is 10.0 Å². The quantitative estimate of drug-likeness (QED) is 0.252. The maximum atomic E-state index is 12.6. The lowest BCUT2D eigenvalue weighted by Gasteiger charge is -2.36. The van der Waals surface area contributed by atoms with Crippen molar-refractivity contribution in [3.8, 4) is 12.8 Å². The predicted molar refractivity (Wildman–Crippen MR) is 154 cm³/mol. The summed E-state index contributed by atoms with van der Waals surface area (Å²) in [7, 11) is 0. The Morgan fingerprint density at radius 1 is 1.24 bits per heavy atom. The van der Waals surface area contributed by atoms with Gasteiger partial charge in [0.1, 0.15) is 12.0 Å². The number of allylic oxidation sites excluding steroid dienone is 3. The Bertz CT molecular complexity index is 831. The van der Waals surface area contributed by atoms with Gasteiger partial charge in [0.15, 0.2) is 5.89 Å². The first-order valence-corrected chi connectivity index (χ1v) is 14.5. The van der Waals surface area contributed by atoms with Gasteiger partial charge in [0.25, 0.3) is 5.91 Å². The Hall–Kier alpha value is -2.56. The van der Waals surface area contributed by atoms with Crippen LogP contribution in [-0.2, 0) is 20.8 Å². The van der Waals surface area contributed by atoms with E-state index in [1.807, 2.05) is 13.8 Å². The van der Waals surface area contributed by atoms with Gasteiger partial charge in [-0.3, -0.25) is 14.5 Å². The van der Waals surface area contributed by atoms with E-state index in [9.17, 15) is 4.79 Å². The zero-order valence-electron chi connectivity index (χ0n) is 24.5. The predicted octanol–water partition coefficient (Wildman–Crippen LogP) is 6.57. The molecule has 0 bridgehead atoms. The van der Waals surface area contributed by atoms with Crippen LogP contribution in [0.15, 0.2) is 40.4 Å². The molecule has 2 unspecified atom stereocenters. The van der Waals surface area contributed by atoms with E-state index in [0.29, 0.717) is 25.7 Å². The minimum atomic E-state index is 0.0772. The summed E-state index contributed by atoms with van der Waals surface area (Å²) in [5.41, 5.74) is 1.43. The van der Waals surface area contributed by atoms with Crippen LogP contribution >= 0.6 is 0 Å². The number of carbonyl (C=O) groups is 1. The molecule has 2 fully saturated rings. The summed E-state index contributed by atoms with van der Waals surface area (Å²) in [6.45, 7) is 13.9. The maximum absolute atomic E-state index is 12.6. The van der Waals surface area contributed by atoms with Gasteiger partial charge in [-0.15, -0.1) is 12.8 Å². The second-order valence-electron chi connectivity index (χ2n) is 9.49. The Balaban J connectivity index is 0.000000424. The fourth-order valence-electron chi connectivity index (χ4n) is 4.73. The summed E-state index contributed by atoms with van der Waals surface area (Å²) in [6, 6.07) is 0.421. The van der Waals surface area contributed by atoms with Crippen LogP contribution in [-0.4, -0.2) is 59.7 Å². The number of amides is 1. The molecule has 4 rings (SSSR count). The number of hydroxylamine groups is 2. The van der Waals surface area contributed by atoms with Crippen LogP contribution in [0.1, 0.15) is 91.9 Å². The van der Waals surface area contributed by atoms with E-state index >= 15 is 0 Å². The van der Waals surface area contributed by atoms with Crippen LogP contribution in [0.2, 0.25) is 0 Å². The largest absolute Gasteiger partial charge is 0.493 e. The van der Waals surface area contributed by atoms with Gasteiger partial charge in [-0.2, -0.15) is 0 Å². The van der Waals surface area contributed by atoms with Gasteiger partial charge < -0.3 is 9.15 Å². The highest BCUT2D eigenvalue weighted by molar-refractivity contribution is 5.77. The van der Waals surface area contributed by atoms with Gasteiger partial charge in [0.2, 0.25) is 0 Å². The number of likely N-dealkylation sites (tertiary alicyclic amines) is 1. The highest BCUT2D eigenvalue weighted by Crippen LogP contribution is 2.30. The number of hydrogen-bond acceptors (Lipinski definition) is 6.